The molecule has 0 radical (unpaired) electrons. The van der Waals surface area contributed by atoms with Crippen LogP contribution < -0.4 is 10.6 Å². The van der Waals surface area contributed by atoms with E-state index in [0.29, 0.717) is 16.9 Å². The van der Waals surface area contributed by atoms with Crippen molar-refractivity contribution in [3.05, 3.63) is 83.3 Å². The van der Waals surface area contributed by atoms with E-state index >= 15 is 0 Å². The molecule has 0 saturated carbocycles. The number of anilines is 2. The maximum Gasteiger partial charge on any atom is 0.338 e. The number of benzene rings is 2. The van der Waals surface area contributed by atoms with Crippen molar-refractivity contribution in [3.8, 4) is 0 Å². The van der Waals surface area contributed by atoms with Gasteiger partial charge in [0.2, 0.25) is 0 Å². The molecule has 0 spiro atoms. The van der Waals surface area contributed by atoms with Crippen molar-refractivity contribution in [2.75, 3.05) is 10.6 Å². The van der Waals surface area contributed by atoms with Crippen molar-refractivity contribution in [3.63, 3.8) is 0 Å². The highest BCUT2D eigenvalue weighted by Gasteiger charge is 2.20. The first kappa shape index (κ1) is 22.5. The molecule has 0 aliphatic heterocycles. The third-order valence-electron chi connectivity index (χ3n) is 4.68. The summed E-state index contributed by atoms with van der Waals surface area (Å²) in [5.74, 6) is -1.63. The zero-order valence-electron chi connectivity index (χ0n) is 17.8. The average molecular weight is 434 g/mol. The molecule has 2 N–H and O–H groups in total. The minimum atomic E-state index is -1.07. The fourth-order valence-electron chi connectivity index (χ4n) is 2.79. The Morgan fingerprint density at radius 1 is 0.938 bits per heavy atom. The number of hydrogen-bond donors (Lipinski definition) is 2. The van der Waals surface area contributed by atoms with E-state index in [9.17, 15) is 19.2 Å². The van der Waals surface area contributed by atoms with E-state index in [1.165, 1.54) is 32.2 Å². The van der Waals surface area contributed by atoms with E-state index in [4.69, 9.17) is 9.15 Å². The van der Waals surface area contributed by atoms with Crippen LogP contribution in [0.1, 0.15) is 50.7 Å². The van der Waals surface area contributed by atoms with E-state index in [0.717, 1.165) is 5.56 Å². The summed E-state index contributed by atoms with van der Waals surface area (Å²) < 4.78 is 10.3. The van der Waals surface area contributed by atoms with Gasteiger partial charge in [-0.15, -0.1) is 0 Å². The molecule has 0 saturated heterocycles. The molecular weight excluding hydrogens is 412 g/mol. The van der Waals surface area contributed by atoms with Crippen molar-refractivity contribution in [2.24, 2.45) is 0 Å². The second-order valence-electron chi connectivity index (χ2n) is 7.13. The van der Waals surface area contributed by atoms with E-state index in [-0.39, 0.29) is 17.1 Å². The van der Waals surface area contributed by atoms with E-state index < -0.39 is 23.9 Å². The van der Waals surface area contributed by atoms with Gasteiger partial charge in [0.25, 0.3) is 11.8 Å². The molecular formula is C24H22N2O6. The topological polar surface area (TPSA) is 115 Å². The second-order valence-corrected chi connectivity index (χ2v) is 7.13. The summed E-state index contributed by atoms with van der Waals surface area (Å²) in [6.45, 7) is 4.68. The van der Waals surface area contributed by atoms with Gasteiger partial charge in [-0.3, -0.25) is 14.4 Å². The number of carbonyl (C=O) groups is 4. The Morgan fingerprint density at radius 3 is 2.25 bits per heavy atom. The van der Waals surface area contributed by atoms with E-state index in [1.54, 1.807) is 49.4 Å². The van der Waals surface area contributed by atoms with Crippen LogP contribution in [0.2, 0.25) is 0 Å². The van der Waals surface area contributed by atoms with Crippen LogP contribution in [0.5, 0.6) is 0 Å². The van der Waals surface area contributed by atoms with Gasteiger partial charge in [-0.2, -0.15) is 0 Å². The number of nitrogens with one attached hydrogen (secondary N) is 2. The maximum absolute atomic E-state index is 12.5. The van der Waals surface area contributed by atoms with Gasteiger partial charge < -0.3 is 19.8 Å². The molecule has 3 aromatic rings. The molecule has 0 fully saturated rings. The summed E-state index contributed by atoms with van der Waals surface area (Å²) in [5, 5.41) is 5.32. The number of esters is 1. The predicted octanol–water partition coefficient (Wildman–Crippen LogP) is 4.23. The highest BCUT2D eigenvalue weighted by Crippen LogP contribution is 2.19. The lowest BCUT2D eigenvalue weighted by Crippen LogP contribution is -2.30. The van der Waals surface area contributed by atoms with Gasteiger partial charge in [0.1, 0.15) is 0 Å². The first-order valence-electron chi connectivity index (χ1n) is 9.83. The third-order valence-corrected chi connectivity index (χ3v) is 4.68. The molecule has 0 bridgehead atoms. The van der Waals surface area contributed by atoms with E-state index in [1.807, 2.05) is 0 Å². The molecule has 1 aromatic heterocycles. The van der Waals surface area contributed by atoms with Gasteiger partial charge in [0, 0.05) is 16.9 Å². The summed E-state index contributed by atoms with van der Waals surface area (Å²) >= 11 is 0. The zero-order chi connectivity index (χ0) is 23.3. The zero-order valence-corrected chi connectivity index (χ0v) is 17.8. The van der Waals surface area contributed by atoms with Crippen LogP contribution in [-0.4, -0.2) is 29.7 Å². The van der Waals surface area contributed by atoms with Gasteiger partial charge in [-0.05, 0) is 74.9 Å². The fourth-order valence-corrected chi connectivity index (χ4v) is 2.79. The summed E-state index contributed by atoms with van der Waals surface area (Å²) in [5.41, 5.74) is 2.33. The van der Waals surface area contributed by atoms with E-state index in [2.05, 4.69) is 10.6 Å². The number of furan rings is 1. The Kier molecular flexibility index (Phi) is 6.84. The molecule has 1 heterocycles. The van der Waals surface area contributed by atoms with Crippen LogP contribution in [0.3, 0.4) is 0 Å². The maximum atomic E-state index is 12.5. The number of carbonyl (C=O) groups excluding carboxylic acids is 4. The highest BCUT2D eigenvalue weighted by molar-refractivity contribution is 6.04. The summed E-state index contributed by atoms with van der Waals surface area (Å²) in [6, 6.07) is 14.2. The quantitative estimate of drug-likeness (QED) is 0.425. The Bertz CT molecular complexity index is 1150. The highest BCUT2D eigenvalue weighted by atomic mass is 16.5. The Hall–Kier alpha value is -4.20. The Labute approximate surface area is 184 Å². The summed E-state index contributed by atoms with van der Waals surface area (Å²) in [4.78, 5) is 48.5. The molecule has 3 rings (SSSR count). The molecule has 2 amide bonds. The van der Waals surface area contributed by atoms with Crippen molar-refractivity contribution >= 4 is 34.9 Å². The van der Waals surface area contributed by atoms with Gasteiger partial charge in [0.15, 0.2) is 17.6 Å². The average Bonchev–Trinajstić information content (AvgIpc) is 3.30. The SMILES string of the molecule is CC(=O)c1ccc(NC(=O)C(C)OC(=O)c2ccc(C)c(NC(=O)c3ccco3)c2)cc1. The number of rotatable bonds is 7. The van der Waals surface area contributed by atoms with Crippen LogP contribution in [0.15, 0.2) is 65.3 Å². The van der Waals surface area contributed by atoms with Crippen molar-refractivity contribution in [1.29, 1.82) is 0 Å². The normalized spacial score (nSPS) is 11.3. The molecule has 2 aromatic carbocycles. The Morgan fingerprint density at radius 2 is 1.62 bits per heavy atom. The molecule has 1 unspecified atom stereocenters. The molecule has 164 valence electrons. The standard InChI is InChI=1S/C24H22N2O6/c1-14-6-7-18(13-20(14)26-23(29)21-5-4-12-31-21)24(30)32-16(3)22(28)25-19-10-8-17(9-11-19)15(2)27/h4-13,16H,1-3H3,(H,25,28)(H,26,29). The van der Waals surface area contributed by atoms with Crippen molar-refractivity contribution in [2.45, 2.75) is 26.9 Å². The van der Waals surface area contributed by atoms with Crippen LogP contribution in [0.25, 0.3) is 0 Å². The summed E-state index contributed by atoms with van der Waals surface area (Å²) in [6.07, 6.45) is 0.317. The van der Waals surface area contributed by atoms with Gasteiger partial charge >= 0.3 is 5.97 Å². The van der Waals surface area contributed by atoms with Gasteiger partial charge in [-0.25, -0.2) is 4.79 Å². The monoisotopic (exact) mass is 434 g/mol. The third kappa shape index (κ3) is 5.48. The lowest BCUT2D eigenvalue weighted by atomic mass is 10.1. The largest absolute Gasteiger partial charge is 0.459 e. The van der Waals surface area contributed by atoms with Gasteiger partial charge in [0.05, 0.1) is 11.8 Å². The fraction of sp³-hybridized carbons (Fsp3) is 0.167. The molecule has 32 heavy (non-hydrogen) atoms. The number of ketones is 1. The lowest BCUT2D eigenvalue weighted by Gasteiger charge is -2.15. The van der Waals surface area contributed by atoms with Crippen LogP contribution in [0.4, 0.5) is 11.4 Å². The number of Topliss-reactive ketones (excluding diaryl/α,β-unsaturated/α-hetero) is 1. The molecule has 0 aliphatic carbocycles. The minimum Gasteiger partial charge on any atom is -0.459 e. The van der Waals surface area contributed by atoms with Crippen molar-refractivity contribution < 1.29 is 28.3 Å². The number of amides is 2. The first-order valence-corrected chi connectivity index (χ1v) is 9.83. The summed E-state index contributed by atoms with van der Waals surface area (Å²) in [7, 11) is 0. The molecule has 0 aliphatic rings. The van der Waals surface area contributed by atoms with Crippen molar-refractivity contribution in [1.82, 2.24) is 0 Å². The van der Waals surface area contributed by atoms with Gasteiger partial charge in [-0.1, -0.05) is 6.07 Å². The Balaban J connectivity index is 1.63. The first-order chi connectivity index (χ1) is 15.2. The minimum absolute atomic E-state index is 0.0806. The van der Waals surface area contributed by atoms with Crippen LogP contribution in [0, 0.1) is 6.92 Å². The molecule has 8 heteroatoms. The molecule has 8 nitrogen and oxygen atoms in total. The second kappa shape index (κ2) is 9.74. The molecule has 1 atom stereocenters. The number of hydrogen-bond acceptors (Lipinski definition) is 6. The van der Waals surface area contributed by atoms with Crippen LogP contribution in [-0.2, 0) is 9.53 Å². The smallest absolute Gasteiger partial charge is 0.338 e. The predicted molar refractivity (Wildman–Crippen MR) is 118 cm³/mol. The number of ether oxygens (including phenoxy) is 1. The number of aryl methyl sites for hydroxylation is 1. The van der Waals surface area contributed by atoms with Crippen LogP contribution >= 0.6 is 0 Å². The lowest BCUT2D eigenvalue weighted by molar-refractivity contribution is -0.123.